The summed E-state index contributed by atoms with van der Waals surface area (Å²) in [4.78, 5) is 11.1. The standard InChI is InChI=1S/C13H17NO2/c1-16-13(15)9-8-11-7-6-10-4-2-3-5-12(10)14-11/h2-5,11,14H,6-9H2,1H3. The molecule has 3 heteroatoms. The second kappa shape index (κ2) is 5.01. The molecule has 0 bridgehead atoms. The van der Waals surface area contributed by atoms with E-state index in [2.05, 4.69) is 28.3 Å². The van der Waals surface area contributed by atoms with Crippen molar-refractivity contribution in [3.8, 4) is 0 Å². The Morgan fingerprint density at radius 2 is 2.31 bits per heavy atom. The first-order valence-corrected chi connectivity index (χ1v) is 5.71. The summed E-state index contributed by atoms with van der Waals surface area (Å²) in [6.07, 6.45) is 3.53. The zero-order chi connectivity index (χ0) is 11.4. The molecule has 1 aromatic carbocycles. The molecule has 0 amide bonds. The van der Waals surface area contributed by atoms with E-state index in [0.717, 1.165) is 19.3 Å². The Morgan fingerprint density at radius 3 is 3.12 bits per heavy atom. The van der Waals surface area contributed by atoms with Gasteiger partial charge in [-0.15, -0.1) is 0 Å². The van der Waals surface area contributed by atoms with Gasteiger partial charge in [0.05, 0.1) is 7.11 Å². The lowest BCUT2D eigenvalue weighted by Crippen LogP contribution is -2.26. The summed E-state index contributed by atoms with van der Waals surface area (Å²) in [5.41, 5.74) is 2.58. The molecule has 0 fully saturated rings. The molecular weight excluding hydrogens is 202 g/mol. The number of para-hydroxylation sites is 1. The Kier molecular flexibility index (Phi) is 3.44. The van der Waals surface area contributed by atoms with E-state index in [-0.39, 0.29) is 5.97 Å². The van der Waals surface area contributed by atoms with Crippen molar-refractivity contribution in [3.63, 3.8) is 0 Å². The molecule has 0 aromatic heterocycles. The van der Waals surface area contributed by atoms with Crippen molar-refractivity contribution >= 4 is 11.7 Å². The molecule has 1 aliphatic rings. The van der Waals surface area contributed by atoms with E-state index in [1.165, 1.54) is 18.4 Å². The number of esters is 1. The van der Waals surface area contributed by atoms with Gasteiger partial charge < -0.3 is 10.1 Å². The van der Waals surface area contributed by atoms with E-state index in [1.807, 2.05) is 6.07 Å². The number of ether oxygens (including phenoxy) is 1. The molecule has 0 spiro atoms. The fourth-order valence-electron chi connectivity index (χ4n) is 2.11. The van der Waals surface area contributed by atoms with Crippen LogP contribution < -0.4 is 5.32 Å². The summed E-state index contributed by atoms with van der Waals surface area (Å²) >= 11 is 0. The number of rotatable bonds is 3. The largest absolute Gasteiger partial charge is 0.469 e. The summed E-state index contributed by atoms with van der Waals surface area (Å²) in [5.74, 6) is -0.124. The second-order valence-corrected chi connectivity index (χ2v) is 4.15. The molecule has 2 rings (SSSR count). The smallest absolute Gasteiger partial charge is 0.305 e. The van der Waals surface area contributed by atoms with Gasteiger partial charge in [-0.05, 0) is 30.9 Å². The SMILES string of the molecule is COC(=O)CCC1CCc2ccccc2N1. The number of benzene rings is 1. The molecule has 1 aromatic rings. The van der Waals surface area contributed by atoms with Crippen molar-refractivity contribution in [2.45, 2.75) is 31.7 Å². The highest BCUT2D eigenvalue weighted by atomic mass is 16.5. The summed E-state index contributed by atoms with van der Waals surface area (Å²) < 4.78 is 4.64. The molecule has 0 saturated carbocycles. The van der Waals surface area contributed by atoms with Crippen LogP contribution in [0.25, 0.3) is 0 Å². The Balaban J connectivity index is 1.90. The van der Waals surface area contributed by atoms with E-state index in [0.29, 0.717) is 12.5 Å². The van der Waals surface area contributed by atoms with Crippen LogP contribution in [0.5, 0.6) is 0 Å². The number of hydrogen-bond donors (Lipinski definition) is 1. The van der Waals surface area contributed by atoms with Crippen LogP contribution in [0.2, 0.25) is 0 Å². The van der Waals surface area contributed by atoms with Gasteiger partial charge in [0.1, 0.15) is 0 Å². The minimum Gasteiger partial charge on any atom is -0.469 e. The van der Waals surface area contributed by atoms with Gasteiger partial charge in [0.25, 0.3) is 0 Å². The maximum Gasteiger partial charge on any atom is 0.305 e. The summed E-state index contributed by atoms with van der Waals surface area (Å²) in [6, 6.07) is 8.75. The van der Waals surface area contributed by atoms with Crippen LogP contribution in [0.4, 0.5) is 5.69 Å². The van der Waals surface area contributed by atoms with Crippen LogP contribution >= 0.6 is 0 Å². The summed E-state index contributed by atoms with van der Waals surface area (Å²) in [7, 11) is 1.44. The van der Waals surface area contributed by atoms with Crippen molar-refractivity contribution in [1.82, 2.24) is 0 Å². The van der Waals surface area contributed by atoms with Crippen molar-refractivity contribution in [2.24, 2.45) is 0 Å². The van der Waals surface area contributed by atoms with Crippen LogP contribution in [0, 0.1) is 0 Å². The predicted molar refractivity (Wildman–Crippen MR) is 63.4 cm³/mol. The number of carbonyl (C=O) groups is 1. The van der Waals surface area contributed by atoms with Crippen molar-refractivity contribution in [2.75, 3.05) is 12.4 Å². The molecular formula is C13H17NO2. The number of fused-ring (bicyclic) bond motifs is 1. The number of hydrogen-bond acceptors (Lipinski definition) is 3. The number of nitrogens with one attached hydrogen (secondary N) is 1. The maximum atomic E-state index is 11.1. The molecule has 3 nitrogen and oxygen atoms in total. The molecule has 1 N–H and O–H groups in total. The lowest BCUT2D eigenvalue weighted by Gasteiger charge is -2.26. The highest BCUT2D eigenvalue weighted by molar-refractivity contribution is 5.69. The van der Waals surface area contributed by atoms with Crippen LogP contribution in [0.3, 0.4) is 0 Å². The van der Waals surface area contributed by atoms with Crippen molar-refractivity contribution < 1.29 is 9.53 Å². The molecule has 0 saturated heterocycles. The monoisotopic (exact) mass is 219 g/mol. The van der Waals surface area contributed by atoms with E-state index in [9.17, 15) is 4.79 Å². The number of aryl methyl sites for hydroxylation is 1. The molecule has 0 aliphatic carbocycles. The lowest BCUT2D eigenvalue weighted by molar-refractivity contribution is -0.140. The first-order valence-electron chi connectivity index (χ1n) is 5.71. The second-order valence-electron chi connectivity index (χ2n) is 4.15. The van der Waals surface area contributed by atoms with E-state index in [1.54, 1.807) is 0 Å². The Morgan fingerprint density at radius 1 is 1.50 bits per heavy atom. The van der Waals surface area contributed by atoms with E-state index < -0.39 is 0 Å². The van der Waals surface area contributed by atoms with Crippen molar-refractivity contribution in [3.05, 3.63) is 29.8 Å². The van der Waals surface area contributed by atoms with Gasteiger partial charge in [-0.25, -0.2) is 0 Å². The summed E-state index contributed by atoms with van der Waals surface area (Å²) in [5, 5.41) is 3.47. The topological polar surface area (TPSA) is 38.3 Å². The minimum atomic E-state index is -0.124. The highest BCUT2D eigenvalue weighted by Gasteiger charge is 2.17. The third-order valence-corrected chi connectivity index (χ3v) is 3.06. The molecule has 1 unspecified atom stereocenters. The number of carbonyl (C=O) groups excluding carboxylic acids is 1. The highest BCUT2D eigenvalue weighted by Crippen LogP contribution is 2.25. The van der Waals surface area contributed by atoms with Gasteiger partial charge in [-0.3, -0.25) is 4.79 Å². The van der Waals surface area contributed by atoms with Gasteiger partial charge in [0.15, 0.2) is 0 Å². The average molecular weight is 219 g/mol. The van der Waals surface area contributed by atoms with Crippen LogP contribution in [-0.2, 0) is 16.0 Å². The summed E-state index contributed by atoms with van der Waals surface area (Å²) in [6.45, 7) is 0. The predicted octanol–water partition coefficient (Wildman–Crippen LogP) is 2.37. The zero-order valence-electron chi connectivity index (χ0n) is 9.53. The first kappa shape index (κ1) is 11.0. The normalized spacial score (nSPS) is 18.4. The minimum absolute atomic E-state index is 0.124. The lowest BCUT2D eigenvalue weighted by atomic mass is 9.95. The van der Waals surface area contributed by atoms with E-state index >= 15 is 0 Å². The van der Waals surface area contributed by atoms with Crippen molar-refractivity contribution in [1.29, 1.82) is 0 Å². The van der Waals surface area contributed by atoms with Gasteiger partial charge in [-0.1, -0.05) is 18.2 Å². The molecule has 16 heavy (non-hydrogen) atoms. The Hall–Kier alpha value is -1.51. The zero-order valence-corrected chi connectivity index (χ0v) is 9.53. The van der Waals surface area contributed by atoms with Gasteiger partial charge in [-0.2, -0.15) is 0 Å². The number of methoxy groups -OCH3 is 1. The maximum absolute atomic E-state index is 11.1. The van der Waals surface area contributed by atoms with E-state index in [4.69, 9.17) is 0 Å². The number of anilines is 1. The van der Waals surface area contributed by atoms with Gasteiger partial charge >= 0.3 is 5.97 Å². The fourth-order valence-corrected chi connectivity index (χ4v) is 2.11. The first-order chi connectivity index (χ1) is 7.79. The Bertz CT molecular complexity index is 376. The molecule has 1 heterocycles. The van der Waals surface area contributed by atoms with Gasteiger partial charge in [0, 0.05) is 18.2 Å². The van der Waals surface area contributed by atoms with Crippen LogP contribution in [0.1, 0.15) is 24.8 Å². The molecule has 1 atom stereocenters. The Labute approximate surface area is 95.8 Å². The molecule has 1 aliphatic heterocycles. The average Bonchev–Trinajstić information content (AvgIpc) is 2.35. The van der Waals surface area contributed by atoms with Gasteiger partial charge in [0.2, 0.25) is 0 Å². The quantitative estimate of drug-likeness (QED) is 0.793. The fraction of sp³-hybridized carbons (Fsp3) is 0.462. The third kappa shape index (κ3) is 2.54. The molecule has 0 radical (unpaired) electrons. The van der Waals surface area contributed by atoms with Crippen LogP contribution in [0.15, 0.2) is 24.3 Å². The van der Waals surface area contributed by atoms with Crippen LogP contribution in [-0.4, -0.2) is 19.1 Å². The molecule has 86 valence electrons. The third-order valence-electron chi connectivity index (χ3n) is 3.06.